The van der Waals surface area contributed by atoms with Crippen molar-refractivity contribution >= 4 is 12.7 Å². The number of nitrogens with zero attached hydrogens (tertiary/aromatic N) is 2. The Bertz CT molecular complexity index is 606. The molecule has 1 fully saturated rings. The number of unbranched alkanes of at least 4 members (excludes halogenated alkanes) is 1. The van der Waals surface area contributed by atoms with Crippen LogP contribution in [-0.2, 0) is 6.42 Å². The average Bonchev–Trinajstić information content (AvgIpc) is 3.11. The normalized spacial score (nSPS) is 18.3. The molecule has 0 spiro atoms. The summed E-state index contributed by atoms with van der Waals surface area (Å²) in [5.41, 5.74) is 4.44. The Morgan fingerprint density at radius 3 is 2.93 bits per heavy atom. The van der Waals surface area contributed by atoms with Gasteiger partial charge in [-0.2, -0.15) is 0 Å². The van der Waals surface area contributed by atoms with E-state index in [1.807, 2.05) is 0 Å². The van der Waals surface area contributed by atoms with Crippen LogP contribution in [0.3, 0.4) is 0 Å². The summed E-state index contributed by atoms with van der Waals surface area (Å²) in [6.45, 7) is 9.55. The third kappa shape index (κ3) is 5.26. The van der Waals surface area contributed by atoms with Gasteiger partial charge in [0.2, 0.25) is 0 Å². The lowest BCUT2D eigenvalue weighted by molar-refractivity contribution is -0.000966. The highest BCUT2D eigenvalue weighted by atomic mass is 16.5. The minimum atomic E-state index is 0.327. The molecule has 150 valence electrons. The van der Waals surface area contributed by atoms with Crippen LogP contribution in [0.1, 0.15) is 30.9 Å². The molecule has 0 radical (unpaired) electrons. The first-order valence-corrected chi connectivity index (χ1v) is 10.7. The van der Waals surface area contributed by atoms with Gasteiger partial charge in [0.15, 0.2) is 7.28 Å². The SMILES string of the molecule is CCCCNCN(C)C(CN1CC(Oc2ccc3c(c2C)BCC3)C1)NC. The van der Waals surface area contributed by atoms with Crippen molar-refractivity contribution in [1.29, 1.82) is 0 Å². The molecule has 2 aliphatic rings. The lowest BCUT2D eigenvalue weighted by Crippen LogP contribution is -2.60. The van der Waals surface area contributed by atoms with Gasteiger partial charge in [-0.1, -0.05) is 36.8 Å². The second kappa shape index (κ2) is 9.92. The number of aryl methyl sites for hydroxylation is 1. The van der Waals surface area contributed by atoms with Crippen LogP contribution in [0.5, 0.6) is 5.75 Å². The lowest BCUT2D eigenvalue weighted by atomic mass is 9.70. The Morgan fingerprint density at radius 1 is 1.37 bits per heavy atom. The van der Waals surface area contributed by atoms with Gasteiger partial charge in [-0.05, 0) is 52.0 Å². The number of benzene rings is 1. The van der Waals surface area contributed by atoms with Gasteiger partial charge in [-0.15, -0.1) is 0 Å². The number of nitrogens with one attached hydrogen (secondary N) is 2. The number of likely N-dealkylation sites (N-methyl/N-ethyl adjacent to an activating group) is 2. The van der Waals surface area contributed by atoms with E-state index in [1.54, 1.807) is 0 Å². The van der Waals surface area contributed by atoms with Crippen LogP contribution in [0.15, 0.2) is 12.1 Å². The van der Waals surface area contributed by atoms with Gasteiger partial charge in [0, 0.05) is 26.3 Å². The molecule has 1 unspecified atom stereocenters. The minimum absolute atomic E-state index is 0.327. The van der Waals surface area contributed by atoms with Crippen LogP contribution in [0.25, 0.3) is 0 Å². The van der Waals surface area contributed by atoms with Crippen LogP contribution in [-0.4, -0.2) is 76.3 Å². The van der Waals surface area contributed by atoms with Gasteiger partial charge in [-0.3, -0.25) is 9.80 Å². The quantitative estimate of drug-likeness (QED) is 0.343. The Hall–Kier alpha value is -1.08. The predicted octanol–water partition coefficient (Wildman–Crippen LogP) is 0.919. The van der Waals surface area contributed by atoms with Gasteiger partial charge in [0.1, 0.15) is 11.9 Å². The zero-order valence-corrected chi connectivity index (χ0v) is 17.7. The second-order valence-electron chi connectivity index (χ2n) is 8.21. The zero-order chi connectivity index (χ0) is 19.2. The Labute approximate surface area is 166 Å². The molecule has 0 aromatic heterocycles. The summed E-state index contributed by atoms with van der Waals surface area (Å²) >= 11 is 0. The average molecular weight is 372 g/mol. The monoisotopic (exact) mass is 372 g/mol. The summed E-state index contributed by atoms with van der Waals surface area (Å²) in [6.07, 6.45) is 5.70. The first kappa shape index (κ1) is 20.7. The van der Waals surface area contributed by atoms with Crippen molar-refractivity contribution < 1.29 is 4.74 Å². The smallest absolute Gasteiger partial charge is 0.158 e. The van der Waals surface area contributed by atoms with E-state index in [2.05, 4.69) is 60.5 Å². The summed E-state index contributed by atoms with van der Waals surface area (Å²) in [6, 6.07) is 4.47. The predicted molar refractivity (Wildman–Crippen MR) is 116 cm³/mol. The van der Waals surface area contributed by atoms with Crippen LogP contribution in [0.2, 0.25) is 6.32 Å². The van der Waals surface area contributed by atoms with Crippen LogP contribution < -0.4 is 20.8 Å². The maximum atomic E-state index is 6.32. The van der Waals surface area contributed by atoms with E-state index in [9.17, 15) is 0 Å². The third-order valence-electron chi connectivity index (χ3n) is 6.10. The maximum Gasteiger partial charge on any atom is 0.158 e. The highest BCUT2D eigenvalue weighted by Gasteiger charge is 2.31. The number of fused-ring (bicyclic) bond motifs is 1. The Kier molecular flexibility index (Phi) is 7.59. The largest absolute Gasteiger partial charge is 0.488 e. The molecule has 1 saturated heterocycles. The van der Waals surface area contributed by atoms with Crippen molar-refractivity contribution in [2.75, 3.05) is 46.9 Å². The molecular weight excluding hydrogens is 335 g/mol. The van der Waals surface area contributed by atoms with Crippen LogP contribution in [0.4, 0.5) is 0 Å². The fourth-order valence-corrected chi connectivity index (χ4v) is 4.25. The molecule has 0 amide bonds. The molecule has 1 atom stereocenters. The first-order valence-electron chi connectivity index (χ1n) is 10.7. The molecule has 1 aromatic rings. The molecule has 0 saturated carbocycles. The van der Waals surface area contributed by atoms with Crippen LogP contribution in [0, 0.1) is 6.92 Å². The van der Waals surface area contributed by atoms with E-state index >= 15 is 0 Å². The van der Waals surface area contributed by atoms with Crippen molar-refractivity contribution in [3.8, 4) is 5.75 Å². The number of rotatable bonds is 11. The molecule has 1 aromatic carbocycles. The highest BCUT2D eigenvalue weighted by Crippen LogP contribution is 2.24. The Balaban J connectivity index is 1.41. The van der Waals surface area contributed by atoms with E-state index < -0.39 is 0 Å². The van der Waals surface area contributed by atoms with E-state index in [4.69, 9.17) is 4.74 Å². The third-order valence-corrected chi connectivity index (χ3v) is 6.10. The Morgan fingerprint density at radius 2 is 2.19 bits per heavy atom. The molecule has 2 heterocycles. The number of likely N-dealkylation sites (tertiary alicyclic amines) is 1. The molecule has 2 N–H and O–H groups in total. The molecule has 27 heavy (non-hydrogen) atoms. The van der Waals surface area contributed by atoms with E-state index in [0.29, 0.717) is 12.3 Å². The zero-order valence-electron chi connectivity index (χ0n) is 17.7. The van der Waals surface area contributed by atoms with Gasteiger partial charge < -0.3 is 15.4 Å². The molecule has 3 rings (SSSR count). The number of hydrogen-bond acceptors (Lipinski definition) is 5. The molecule has 2 aliphatic heterocycles. The minimum Gasteiger partial charge on any atom is -0.488 e. The van der Waals surface area contributed by atoms with Gasteiger partial charge >= 0.3 is 0 Å². The summed E-state index contributed by atoms with van der Waals surface area (Å²) in [7, 11) is 5.45. The summed E-state index contributed by atoms with van der Waals surface area (Å²) in [5, 5.41) is 6.97. The lowest BCUT2D eigenvalue weighted by Gasteiger charge is -2.42. The van der Waals surface area contributed by atoms with Crippen LogP contribution >= 0.6 is 0 Å². The second-order valence-corrected chi connectivity index (χ2v) is 8.21. The number of hydrogen-bond donors (Lipinski definition) is 2. The molecule has 6 heteroatoms. The fraction of sp³-hybridized carbons (Fsp3) is 0.714. The fourth-order valence-electron chi connectivity index (χ4n) is 4.25. The summed E-state index contributed by atoms with van der Waals surface area (Å²) in [4.78, 5) is 4.84. The van der Waals surface area contributed by atoms with Crippen molar-refractivity contribution in [3.63, 3.8) is 0 Å². The van der Waals surface area contributed by atoms with Gasteiger partial charge in [-0.25, -0.2) is 0 Å². The molecule has 5 nitrogen and oxygen atoms in total. The van der Waals surface area contributed by atoms with Gasteiger partial charge in [0.25, 0.3) is 0 Å². The number of ether oxygens (including phenoxy) is 1. The first-order chi connectivity index (χ1) is 13.1. The van der Waals surface area contributed by atoms with Crippen molar-refractivity contribution in [2.45, 2.75) is 51.7 Å². The topological polar surface area (TPSA) is 39.8 Å². The van der Waals surface area contributed by atoms with E-state index in [-0.39, 0.29) is 0 Å². The maximum absolute atomic E-state index is 6.32. The van der Waals surface area contributed by atoms with E-state index in [1.165, 1.54) is 49.5 Å². The highest BCUT2D eigenvalue weighted by molar-refractivity contribution is 6.56. The van der Waals surface area contributed by atoms with Crippen molar-refractivity contribution in [1.82, 2.24) is 20.4 Å². The van der Waals surface area contributed by atoms with E-state index in [0.717, 1.165) is 38.6 Å². The molecular formula is C21H37BN4O. The van der Waals surface area contributed by atoms with Gasteiger partial charge in [0.05, 0.1) is 6.17 Å². The standard InChI is InChI=1S/C21H37BN4O/c1-5-6-11-24-15-25(4)20(23-3)14-26-12-18(13-26)27-19-8-7-17-9-10-22-21(17)16(19)2/h7-8,18,20,22-24H,5-6,9-15H2,1-4H3. The summed E-state index contributed by atoms with van der Waals surface area (Å²) in [5.74, 6) is 1.10. The van der Waals surface area contributed by atoms with Crippen molar-refractivity contribution in [3.05, 3.63) is 23.3 Å². The van der Waals surface area contributed by atoms with Crippen molar-refractivity contribution in [2.24, 2.45) is 0 Å². The molecule has 0 aliphatic carbocycles. The molecule has 0 bridgehead atoms. The summed E-state index contributed by atoms with van der Waals surface area (Å²) < 4.78 is 6.32.